The summed E-state index contributed by atoms with van der Waals surface area (Å²) in [5.74, 6) is -0.632. The third-order valence-corrected chi connectivity index (χ3v) is 2.27. The van der Waals surface area contributed by atoms with Gasteiger partial charge in [0.2, 0.25) is 0 Å². The number of alkyl halides is 2. The van der Waals surface area contributed by atoms with Gasteiger partial charge < -0.3 is 15.4 Å². The molecule has 0 saturated heterocycles. The monoisotopic (exact) mass is 274 g/mol. The fourth-order valence-corrected chi connectivity index (χ4v) is 1.24. The number of carbonyl (C=O) groups excluding carboxylic acids is 2. The van der Waals surface area contributed by atoms with Crippen molar-refractivity contribution in [3.63, 3.8) is 0 Å². The third-order valence-electron chi connectivity index (χ3n) is 2.07. The Balaban J connectivity index is 2.80. The van der Waals surface area contributed by atoms with Crippen LogP contribution in [0.15, 0.2) is 18.2 Å². The summed E-state index contributed by atoms with van der Waals surface area (Å²) < 4.78 is 17.4. The molecule has 1 aromatic carbocycles. The van der Waals surface area contributed by atoms with E-state index in [-0.39, 0.29) is 0 Å². The van der Waals surface area contributed by atoms with Gasteiger partial charge in [0, 0.05) is 12.7 Å². The van der Waals surface area contributed by atoms with Gasteiger partial charge in [-0.15, -0.1) is 0 Å². The van der Waals surface area contributed by atoms with E-state index in [0.29, 0.717) is 17.0 Å². The van der Waals surface area contributed by atoms with Crippen LogP contribution in [0.2, 0.25) is 0 Å². The summed E-state index contributed by atoms with van der Waals surface area (Å²) >= 11 is 4.99. The van der Waals surface area contributed by atoms with E-state index in [2.05, 4.69) is 10.6 Å². The SMILES string of the molecule is CNC(=O)Oc1ccc(NC(=O)C(F)Cl)c(C)c1. The first-order valence-corrected chi connectivity index (χ1v) is 5.47. The van der Waals surface area contributed by atoms with Crippen molar-refractivity contribution in [2.45, 2.75) is 12.6 Å². The van der Waals surface area contributed by atoms with Crippen LogP contribution in [0.3, 0.4) is 0 Å². The zero-order valence-corrected chi connectivity index (χ0v) is 10.5. The summed E-state index contributed by atoms with van der Waals surface area (Å²) in [6.45, 7) is 1.67. The second kappa shape index (κ2) is 6.20. The number of halogens is 2. The predicted octanol–water partition coefficient (Wildman–Crippen LogP) is 2.19. The Morgan fingerprint density at radius 1 is 1.44 bits per heavy atom. The molecule has 7 heteroatoms. The molecule has 2 amide bonds. The van der Waals surface area contributed by atoms with Crippen LogP contribution < -0.4 is 15.4 Å². The van der Waals surface area contributed by atoms with Crippen LogP contribution in [-0.2, 0) is 4.79 Å². The minimum atomic E-state index is -2.11. The molecule has 2 N–H and O–H groups in total. The predicted molar refractivity (Wildman–Crippen MR) is 65.6 cm³/mol. The van der Waals surface area contributed by atoms with Crippen molar-refractivity contribution in [2.75, 3.05) is 12.4 Å². The Bertz CT molecular complexity index is 466. The quantitative estimate of drug-likeness (QED) is 0.830. The van der Waals surface area contributed by atoms with Crippen molar-refractivity contribution in [2.24, 2.45) is 0 Å². The van der Waals surface area contributed by atoms with Crippen molar-refractivity contribution >= 4 is 29.3 Å². The lowest BCUT2D eigenvalue weighted by Gasteiger charge is -2.10. The molecule has 5 nitrogen and oxygen atoms in total. The number of aryl methyl sites for hydroxylation is 1. The number of ether oxygens (including phenoxy) is 1. The normalized spacial score (nSPS) is 11.6. The van der Waals surface area contributed by atoms with E-state index in [1.165, 1.54) is 25.2 Å². The van der Waals surface area contributed by atoms with Gasteiger partial charge in [-0.05, 0) is 30.7 Å². The number of nitrogens with one attached hydrogen (secondary N) is 2. The Morgan fingerprint density at radius 2 is 2.11 bits per heavy atom. The Kier molecular flexibility index (Phi) is 4.91. The van der Waals surface area contributed by atoms with Gasteiger partial charge in [0.1, 0.15) is 5.75 Å². The molecule has 0 heterocycles. The zero-order valence-electron chi connectivity index (χ0n) is 9.79. The van der Waals surface area contributed by atoms with Gasteiger partial charge in [-0.2, -0.15) is 0 Å². The lowest BCUT2D eigenvalue weighted by atomic mass is 10.2. The van der Waals surface area contributed by atoms with E-state index in [0.717, 1.165) is 0 Å². The van der Waals surface area contributed by atoms with Crippen LogP contribution in [0.5, 0.6) is 5.75 Å². The maximum Gasteiger partial charge on any atom is 0.412 e. The number of hydrogen-bond donors (Lipinski definition) is 2. The minimum absolute atomic E-state index is 0.313. The van der Waals surface area contributed by atoms with Gasteiger partial charge in [-0.1, -0.05) is 11.6 Å². The number of rotatable bonds is 3. The fraction of sp³-hybridized carbons (Fsp3) is 0.273. The molecule has 1 unspecified atom stereocenters. The summed E-state index contributed by atoms with van der Waals surface area (Å²) in [7, 11) is 1.44. The smallest absolute Gasteiger partial charge is 0.410 e. The van der Waals surface area contributed by atoms with E-state index in [4.69, 9.17) is 16.3 Å². The molecule has 1 aromatic rings. The molecular weight excluding hydrogens is 263 g/mol. The van der Waals surface area contributed by atoms with E-state index in [9.17, 15) is 14.0 Å². The standard InChI is InChI=1S/C11H12ClFN2O3/c1-6-5-7(18-11(17)14-2)3-4-8(6)15-10(16)9(12)13/h3-5,9H,1-2H3,(H,14,17)(H,15,16). The first kappa shape index (κ1) is 14.2. The van der Waals surface area contributed by atoms with Crippen LogP contribution >= 0.6 is 11.6 Å². The molecule has 0 aliphatic rings. The van der Waals surface area contributed by atoms with Crippen LogP contribution in [0.4, 0.5) is 14.9 Å². The van der Waals surface area contributed by atoms with Gasteiger partial charge in [0.15, 0.2) is 0 Å². The Morgan fingerprint density at radius 3 is 2.61 bits per heavy atom. The molecule has 18 heavy (non-hydrogen) atoms. The molecule has 0 aromatic heterocycles. The molecule has 0 spiro atoms. The highest BCUT2D eigenvalue weighted by Crippen LogP contribution is 2.22. The molecule has 0 aliphatic carbocycles. The highest BCUT2D eigenvalue weighted by Gasteiger charge is 2.14. The van der Waals surface area contributed by atoms with Crippen LogP contribution in [-0.4, -0.2) is 24.7 Å². The molecule has 0 radical (unpaired) electrons. The largest absolute Gasteiger partial charge is 0.412 e. The second-order valence-corrected chi connectivity index (χ2v) is 3.79. The summed E-state index contributed by atoms with van der Waals surface area (Å²) in [5.41, 5.74) is -1.10. The minimum Gasteiger partial charge on any atom is -0.410 e. The van der Waals surface area contributed by atoms with Crippen molar-refractivity contribution in [3.05, 3.63) is 23.8 Å². The van der Waals surface area contributed by atoms with Gasteiger partial charge in [-0.25, -0.2) is 9.18 Å². The molecule has 1 rings (SSSR count). The van der Waals surface area contributed by atoms with Crippen LogP contribution in [0.1, 0.15) is 5.56 Å². The molecular formula is C11H12ClFN2O3. The van der Waals surface area contributed by atoms with Crippen molar-refractivity contribution in [1.29, 1.82) is 0 Å². The van der Waals surface area contributed by atoms with Crippen LogP contribution in [0.25, 0.3) is 0 Å². The van der Waals surface area contributed by atoms with Crippen molar-refractivity contribution in [3.8, 4) is 5.75 Å². The molecule has 0 saturated carbocycles. The van der Waals surface area contributed by atoms with E-state index in [1.807, 2.05) is 0 Å². The topological polar surface area (TPSA) is 67.4 Å². The maximum atomic E-state index is 12.5. The summed E-state index contributed by atoms with van der Waals surface area (Å²) in [6.07, 6.45) is -0.601. The molecule has 0 aliphatic heterocycles. The summed E-state index contributed by atoms with van der Waals surface area (Å²) in [6, 6.07) is 4.50. The molecule has 0 fully saturated rings. The van der Waals surface area contributed by atoms with E-state index < -0.39 is 17.6 Å². The molecule has 0 bridgehead atoms. The van der Waals surface area contributed by atoms with E-state index in [1.54, 1.807) is 6.92 Å². The Labute approximate surface area is 108 Å². The summed E-state index contributed by atoms with van der Waals surface area (Å²) in [4.78, 5) is 22.0. The summed E-state index contributed by atoms with van der Waals surface area (Å²) in [5, 5.41) is 4.60. The van der Waals surface area contributed by atoms with Gasteiger partial charge in [0.25, 0.3) is 11.5 Å². The average molecular weight is 275 g/mol. The lowest BCUT2D eigenvalue weighted by molar-refractivity contribution is -0.118. The maximum absolute atomic E-state index is 12.5. The number of hydrogen-bond acceptors (Lipinski definition) is 3. The van der Waals surface area contributed by atoms with Gasteiger partial charge >= 0.3 is 6.09 Å². The third kappa shape index (κ3) is 3.89. The molecule has 1 atom stereocenters. The van der Waals surface area contributed by atoms with Gasteiger partial charge in [-0.3, -0.25) is 4.79 Å². The van der Waals surface area contributed by atoms with Crippen molar-refractivity contribution < 1.29 is 18.7 Å². The van der Waals surface area contributed by atoms with Gasteiger partial charge in [0.05, 0.1) is 0 Å². The highest BCUT2D eigenvalue weighted by molar-refractivity contribution is 6.31. The number of amides is 2. The lowest BCUT2D eigenvalue weighted by Crippen LogP contribution is -2.22. The second-order valence-electron chi connectivity index (χ2n) is 3.41. The highest BCUT2D eigenvalue weighted by atomic mass is 35.5. The average Bonchev–Trinajstić information content (AvgIpc) is 2.32. The number of anilines is 1. The first-order valence-electron chi connectivity index (χ1n) is 5.03. The zero-order chi connectivity index (χ0) is 13.7. The number of carbonyl (C=O) groups is 2. The fourth-order valence-electron chi connectivity index (χ4n) is 1.19. The number of benzene rings is 1. The Hall–Kier alpha value is -1.82. The van der Waals surface area contributed by atoms with Crippen molar-refractivity contribution in [1.82, 2.24) is 5.32 Å². The van der Waals surface area contributed by atoms with E-state index >= 15 is 0 Å². The first-order chi connectivity index (χ1) is 8.43. The molecule has 98 valence electrons. The van der Waals surface area contributed by atoms with Crippen LogP contribution in [0, 0.1) is 6.92 Å².